The van der Waals surface area contributed by atoms with Crippen molar-refractivity contribution in [2.45, 2.75) is 97.2 Å². The lowest BCUT2D eigenvalue weighted by molar-refractivity contribution is -0.849. The summed E-state index contributed by atoms with van der Waals surface area (Å²) in [6, 6.07) is 0. The number of quaternary nitrogens is 1. The molecule has 0 bridgehead atoms. The predicted octanol–water partition coefficient (Wildman–Crippen LogP) is 3.47. The highest BCUT2D eigenvalue weighted by molar-refractivity contribution is 5.64. The first-order chi connectivity index (χ1) is 15.2. The average molecular weight is 466 g/mol. The van der Waals surface area contributed by atoms with Gasteiger partial charge in [0.25, 0.3) is 0 Å². The van der Waals surface area contributed by atoms with Crippen LogP contribution in [0.4, 0.5) is 0 Å². The van der Waals surface area contributed by atoms with Crippen LogP contribution in [0.15, 0.2) is 0 Å². The summed E-state index contributed by atoms with van der Waals surface area (Å²) in [4.78, 5) is 11.0. The van der Waals surface area contributed by atoms with E-state index in [-0.39, 0.29) is 35.4 Å². The maximum Gasteiger partial charge on any atom is 0.0675 e. The molecule has 4 fully saturated rings. The lowest BCUT2D eigenvalue weighted by Crippen LogP contribution is -2.61. The predicted molar refractivity (Wildman–Crippen MR) is 130 cm³/mol. The minimum absolute atomic E-state index is 0.100. The van der Waals surface area contributed by atoms with Gasteiger partial charge in [-0.3, -0.25) is 0 Å². The number of carbonyl (C=O) groups is 1. The topological polar surface area (TPSA) is 80.6 Å². The van der Waals surface area contributed by atoms with Crippen LogP contribution < -0.4 is 5.11 Å². The summed E-state index contributed by atoms with van der Waals surface area (Å²) in [7, 11) is 8.50. The number of fused-ring (bicyclic) bond motifs is 5. The zero-order chi connectivity index (χ0) is 24.8. The molecule has 0 aromatic rings. The highest BCUT2D eigenvalue weighted by Gasteiger charge is 2.65. The van der Waals surface area contributed by atoms with Gasteiger partial charge in [0.1, 0.15) is 0 Å². The van der Waals surface area contributed by atoms with Crippen LogP contribution in [0.1, 0.15) is 85.0 Å². The largest absolute Gasteiger partial charge is 0.550 e. The molecule has 0 aliphatic heterocycles. The molecule has 0 aromatic heterocycles. The Morgan fingerprint density at radius 1 is 1.03 bits per heavy atom. The summed E-state index contributed by atoms with van der Waals surface area (Å²) in [5, 5.41) is 33.6. The van der Waals surface area contributed by atoms with Crippen LogP contribution in [-0.4, -0.2) is 61.1 Å². The van der Waals surface area contributed by atoms with E-state index in [2.05, 4.69) is 49.0 Å². The van der Waals surface area contributed by atoms with Gasteiger partial charge in [-0.1, -0.05) is 33.6 Å². The molecule has 10 unspecified atom stereocenters. The number of aliphatic carboxylic acids is 1. The van der Waals surface area contributed by atoms with E-state index >= 15 is 0 Å². The van der Waals surface area contributed by atoms with Crippen LogP contribution in [0.2, 0.25) is 0 Å². The number of carboxylic acids is 1. The number of hydrogen-bond donors (Lipinski definition) is 2. The minimum Gasteiger partial charge on any atom is -0.550 e. The molecule has 2 N–H and O–H groups in total. The van der Waals surface area contributed by atoms with Gasteiger partial charge in [0.2, 0.25) is 0 Å². The Labute approximate surface area is 202 Å². The van der Waals surface area contributed by atoms with Gasteiger partial charge in [-0.15, -0.1) is 0 Å². The van der Waals surface area contributed by atoms with E-state index in [9.17, 15) is 20.1 Å². The molecule has 4 rings (SSSR count). The summed E-state index contributed by atoms with van der Waals surface area (Å²) >= 11 is 0. The molecular formula is C28H51NO4. The Hall–Kier alpha value is -0.650. The summed E-state index contributed by atoms with van der Waals surface area (Å²) in [6.07, 6.45) is 9.04. The number of aliphatic hydroxyl groups excluding tert-OH is 2. The fourth-order valence-corrected chi connectivity index (χ4v) is 8.73. The summed E-state index contributed by atoms with van der Waals surface area (Å²) in [6.45, 7) is 6.84. The molecule has 0 heterocycles. The fourth-order valence-electron chi connectivity index (χ4n) is 8.73. The van der Waals surface area contributed by atoms with Crippen molar-refractivity contribution in [2.24, 2.45) is 46.3 Å². The van der Waals surface area contributed by atoms with E-state index in [1.165, 1.54) is 25.7 Å². The summed E-state index contributed by atoms with van der Waals surface area (Å²) < 4.78 is 1.00. The lowest BCUT2D eigenvalue weighted by atomic mass is 9.43. The van der Waals surface area contributed by atoms with Gasteiger partial charge >= 0.3 is 0 Å². The Morgan fingerprint density at radius 2 is 1.67 bits per heavy atom. The zero-order valence-electron chi connectivity index (χ0n) is 22.3. The third kappa shape index (κ3) is 5.30. The number of hydrogen-bond acceptors (Lipinski definition) is 4. The molecule has 0 saturated heterocycles. The number of nitrogens with zero attached hydrogens (tertiary/aromatic N) is 1. The van der Waals surface area contributed by atoms with Crippen molar-refractivity contribution >= 4 is 5.97 Å². The highest BCUT2D eigenvalue weighted by atomic mass is 16.4. The van der Waals surface area contributed by atoms with Gasteiger partial charge < -0.3 is 24.6 Å². The number of carboxylic acid groups (broad SMARTS) is 1. The van der Waals surface area contributed by atoms with E-state index in [4.69, 9.17) is 0 Å². The van der Waals surface area contributed by atoms with Crippen LogP contribution in [0.25, 0.3) is 0 Å². The summed E-state index contributed by atoms with van der Waals surface area (Å²) in [5.41, 5.74) is 0.0640. The smallest absolute Gasteiger partial charge is 0.0675 e. The number of rotatable bonds is 4. The van der Waals surface area contributed by atoms with Crippen molar-refractivity contribution in [1.82, 2.24) is 0 Å². The Morgan fingerprint density at radius 3 is 2.27 bits per heavy atom. The lowest BCUT2D eigenvalue weighted by Gasteiger charge is -2.63. The first-order valence-corrected chi connectivity index (χ1v) is 13.5. The van der Waals surface area contributed by atoms with E-state index in [1.807, 2.05) is 0 Å². The van der Waals surface area contributed by atoms with Crippen molar-refractivity contribution in [2.75, 3.05) is 28.2 Å². The van der Waals surface area contributed by atoms with Crippen LogP contribution >= 0.6 is 0 Å². The maximum absolute atomic E-state index is 11.5. The molecule has 10 atom stereocenters. The molecule has 0 aromatic carbocycles. The molecule has 0 amide bonds. The molecular weight excluding hydrogens is 414 g/mol. The van der Waals surface area contributed by atoms with Crippen molar-refractivity contribution in [3.8, 4) is 0 Å². The van der Waals surface area contributed by atoms with Gasteiger partial charge in [0.05, 0.1) is 40.4 Å². The van der Waals surface area contributed by atoms with Crippen molar-refractivity contribution in [3.05, 3.63) is 0 Å². The van der Waals surface area contributed by atoms with Gasteiger partial charge in [-0.05, 0) is 97.7 Å². The van der Waals surface area contributed by atoms with Crippen LogP contribution in [-0.2, 0) is 4.79 Å². The van der Waals surface area contributed by atoms with E-state index in [0.29, 0.717) is 36.0 Å². The second kappa shape index (κ2) is 9.78. The molecule has 4 aliphatic rings. The Kier molecular flexibility index (Phi) is 7.98. The second-order valence-corrected chi connectivity index (χ2v) is 13.9. The molecule has 4 saturated carbocycles. The first kappa shape index (κ1) is 26.9. The van der Waals surface area contributed by atoms with E-state index in [0.717, 1.165) is 30.2 Å². The number of carbonyl (C=O) groups excluding carboxylic acids is 1. The maximum atomic E-state index is 11.5. The monoisotopic (exact) mass is 465 g/mol. The molecule has 5 nitrogen and oxygen atoms in total. The third-order valence-electron chi connectivity index (χ3n) is 10.3. The standard InChI is InChI=1S/C24H40O4.C4H12N/c1-14(7-10-21(27)28)16-8-9-17-22-18(13-20(26)24(16,17)3)23(2)11-5-4-6-15(23)12-19(22)25;1-5(2,3)4/h14-20,22,25-26H,4-13H2,1-3H3,(H,27,28);1-4H3/q;+1/p-1. The van der Waals surface area contributed by atoms with Crippen molar-refractivity contribution < 1.29 is 24.6 Å². The molecule has 33 heavy (non-hydrogen) atoms. The molecule has 4 aliphatic carbocycles. The quantitative estimate of drug-likeness (QED) is 0.623. The first-order valence-electron chi connectivity index (χ1n) is 13.5. The second-order valence-electron chi connectivity index (χ2n) is 13.9. The van der Waals surface area contributed by atoms with Crippen LogP contribution in [0.5, 0.6) is 0 Å². The van der Waals surface area contributed by atoms with Gasteiger partial charge in [0, 0.05) is 5.97 Å². The Bertz CT molecular complexity index is 684. The highest BCUT2D eigenvalue weighted by Crippen LogP contribution is 2.68. The van der Waals surface area contributed by atoms with Crippen molar-refractivity contribution in [1.29, 1.82) is 0 Å². The van der Waals surface area contributed by atoms with Crippen molar-refractivity contribution in [3.63, 3.8) is 0 Å². The fraction of sp³-hybridized carbons (Fsp3) is 0.964. The molecule has 192 valence electrons. The third-order valence-corrected chi connectivity index (χ3v) is 10.3. The van der Waals surface area contributed by atoms with Gasteiger partial charge in [-0.25, -0.2) is 0 Å². The van der Waals surface area contributed by atoms with E-state index < -0.39 is 5.97 Å². The normalized spacial score (nSPS) is 45.7. The minimum atomic E-state index is -0.977. The molecule has 0 spiro atoms. The molecule has 5 heteroatoms. The van der Waals surface area contributed by atoms with E-state index in [1.54, 1.807) is 0 Å². The summed E-state index contributed by atoms with van der Waals surface area (Å²) in [5.74, 6) is 1.29. The zero-order valence-corrected chi connectivity index (χ0v) is 22.3. The Balaban J connectivity index is 0.000000555. The average Bonchev–Trinajstić information content (AvgIpc) is 3.05. The van der Waals surface area contributed by atoms with Gasteiger partial charge in [0.15, 0.2) is 0 Å². The van der Waals surface area contributed by atoms with Gasteiger partial charge in [-0.2, -0.15) is 0 Å². The van der Waals surface area contributed by atoms with Crippen LogP contribution in [0, 0.1) is 46.3 Å². The number of aliphatic hydroxyl groups is 2. The van der Waals surface area contributed by atoms with Crippen LogP contribution in [0.3, 0.4) is 0 Å². The molecule has 0 radical (unpaired) electrons. The SMILES string of the molecule is CC(CCC(=O)[O-])C1CCC2C3C(O)CC4CCCCC4(C)C3CC(O)C12C.C[N+](C)(C)C.